The summed E-state index contributed by atoms with van der Waals surface area (Å²) in [5, 5.41) is 0. The Morgan fingerprint density at radius 3 is 2.79 bits per heavy atom. The van der Waals surface area contributed by atoms with Crippen molar-refractivity contribution in [2.45, 2.75) is 39.8 Å². The zero-order valence-corrected chi connectivity index (χ0v) is 8.79. The van der Waals surface area contributed by atoms with Crippen LogP contribution in [0.5, 0.6) is 0 Å². The zero-order chi connectivity index (χ0) is 10.3. The third-order valence-corrected chi connectivity index (χ3v) is 2.56. The number of carbonyl (C=O) groups excluding carboxylic acids is 1. The Morgan fingerprint density at radius 1 is 1.57 bits per heavy atom. The van der Waals surface area contributed by atoms with Crippen molar-refractivity contribution in [1.82, 2.24) is 14.9 Å². The van der Waals surface area contributed by atoms with Gasteiger partial charge < -0.3 is 9.88 Å². The Morgan fingerprint density at radius 2 is 2.29 bits per heavy atom. The van der Waals surface area contributed by atoms with Crippen molar-refractivity contribution in [3.8, 4) is 0 Å². The number of hydrogen-bond donors (Lipinski definition) is 1. The summed E-state index contributed by atoms with van der Waals surface area (Å²) in [6.07, 6.45) is 0. The second-order valence-corrected chi connectivity index (χ2v) is 4.08. The average molecular weight is 195 g/mol. The summed E-state index contributed by atoms with van der Waals surface area (Å²) in [6.45, 7) is 7.15. The van der Waals surface area contributed by atoms with Crippen molar-refractivity contribution in [2.24, 2.45) is 0 Å². The van der Waals surface area contributed by atoms with Gasteiger partial charge >= 0.3 is 0 Å². The highest BCUT2D eigenvalue weighted by atomic mass is 16.2. The third kappa shape index (κ3) is 1.41. The summed E-state index contributed by atoms with van der Waals surface area (Å²) >= 11 is 0. The number of aromatic amines is 1. The van der Waals surface area contributed by atoms with Crippen LogP contribution in [0, 0.1) is 0 Å². The second kappa shape index (κ2) is 3.12. The monoisotopic (exact) mass is 195 g/mol. The molecule has 1 aliphatic rings. The van der Waals surface area contributed by atoms with Crippen molar-refractivity contribution >= 4 is 5.91 Å². The van der Waals surface area contributed by atoms with E-state index >= 15 is 0 Å². The van der Waals surface area contributed by atoms with Crippen molar-refractivity contribution in [2.75, 3.05) is 0 Å². The Bertz CT molecular complexity index is 349. The first-order chi connectivity index (χ1) is 6.58. The zero-order valence-electron chi connectivity index (χ0n) is 8.79. The molecule has 2 rings (SSSR count). The lowest BCUT2D eigenvalue weighted by atomic mass is 10.2. The molecule has 0 bridgehead atoms. The van der Waals surface area contributed by atoms with Crippen LogP contribution < -0.4 is 0 Å². The summed E-state index contributed by atoms with van der Waals surface area (Å²) in [4.78, 5) is 20.7. The van der Waals surface area contributed by atoms with E-state index in [1.807, 2.05) is 0 Å². The van der Waals surface area contributed by atoms with E-state index in [0.29, 0.717) is 19.0 Å². The summed E-state index contributed by atoms with van der Waals surface area (Å²) in [5.41, 5.74) is 2.13. The lowest BCUT2D eigenvalue weighted by molar-refractivity contribution is -0.129. The van der Waals surface area contributed by atoms with E-state index in [4.69, 9.17) is 0 Å². The molecule has 2 heterocycles. The van der Waals surface area contributed by atoms with Crippen LogP contribution in [0.15, 0.2) is 0 Å². The van der Waals surface area contributed by atoms with Crippen molar-refractivity contribution in [1.29, 1.82) is 0 Å². The Kier molecular flexibility index (Phi) is 2.06. The van der Waals surface area contributed by atoms with E-state index in [1.54, 1.807) is 11.8 Å². The predicted octanol–water partition coefficient (Wildman–Crippen LogP) is 1.64. The quantitative estimate of drug-likeness (QED) is 0.740. The molecule has 0 aromatic carbocycles. The van der Waals surface area contributed by atoms with Crippen molar-refractivity contribution < 1.29 is 6.22 Å². The molecule has 0 radical (unpaired) electrons. The smallest absolute Gasteiger partial charge is 0.220 e. The molecule has 1 aromatic heterocycles. The first kappa shape index (κ1) is 9.24. The molecular formula is C10H17N3O. The largest absolute Gasteiger partial charge is 0.344 e. The summed E-state index contributed by atoms with van der Waals surface area (Å²) < 4.78 is 0. The molecule has 4 heteroatoms. The highest BCUT2D eigenvalue weighted by Crippen LogP contribution is 2.22. The highest BCUT2D eigenvalue weighted by Gasteiger charge is 2.24. The first-order valence-corrected chi connectivity index (χ1v) is 4.91. The van der Waals surface area contributed by atoms with Gasteiger partial charge in [0, 0.05) is 14.3 Å². The number of fused-ring (bicyclic) bond motifs is 1. The number of amides is 1. The van der Waals surface area contributed by atoms with Gasteiger partial charge in [0.2, 0.25) is 5.91 Å². The van der Waals surface area contributed by atoms with Gasteiger partial charge in [-0.3, -0.25) is 4.79 Å². The maximum atomic E-state index is 11.1. The summed E-state index contributed by atoms with van der Waals surface area (Å²) in [7, 11) is 0. The molecule has 0 aliphatic carbocycles. The first-order valence-electron chi connectivity index (χ1n) is 4.91. The lowest BCUT2D eigenvalue weighted by Gasteiger charge is -2.11. The van der Waals surface area contributed by atoms with Crippen LogP contribution in [-0.4, -0.2) is 20.8 Å². The van der Waals surface area contributed by atoms with Gasteiger partial charge in [-0.2, -0.15) is 0 Å². The number of imidazole rings is 1. The van der Waals surface area contributed by atoms with E-state index in [0.717, 1.165) is 17.2 Å². The fourth-order valence-corrected chi connectivity index (χ4v) is 1.65. The van der Waals surface area contributed by atoms with Gasteiger partial charge in [-0.1, -0.05) is 13.8 Å². The van der Waals surface area contributed by atoms with Crippen LogP contribution >= 0.6 is 0 Å². The molecule has 0 saturated carbocycles. The fourth-order valence-electron chi connectivity index (χ4n) is 1.65. The minimum Gasteiger partial charge on any atom is -0.344 e. The van der Waals surface area contributed by atoms with Crippen LogP contribution in [0.4, 0.5) is 0 Å². The SMILES string of the molecule is CC(=O)N1Cc2nc(C(C)C)[nH]c2C1.[HH]. The number of H-pyrrole nitrogens is 1. The molecule has 0 unspecified atom stereocenters. The van der Waals surface area contributed by atoms with Gasteiger partial charge in [0.1, 0.15) is 5.82 Å². The van der Waals surface area contributed by atoms with Crippen LogP contribution in [-0.2, 0) is 17.9 Å². The van der Waals surface area contributed by atoms with Gasteiger partial charge in [-0.15, -0.1) is 0 Å². The van der Waals surface area contributed by atoms with Gasteiger partial charge in [-0.25, -0.2) is 4.98 Å². The standard InChI is InChI=1S/C10H15N3O.H2/c1-6(2)10-11-8-4-13(7(3)14)5-9(8)12-10;/h6H,4-5H2,1-3H3,(H,11,12);1H. The van der Waals surface area contributed by atoms with E-state index in [2.05, 4.69) is 23.8 Å². The molecule has 1 N–H and O–H groups in total. The highest BCUT2D eigenvalue weighted by molar-refractivity contribution is 5.73. The number of aromatic nitrogens is 2. The molecule has 4 nitrogen and oxygen atoms in total. The van der Waals surface area contributed by atoms with E-state index in [9.17, 15) is 4.79 Å². The molecule has 0 spiro atoms. The van der Waals surface area contributed by atoms with E-state index in [-0.39, 0.29) is 7.33 Å². The number of rotatable bonds is 1. The van der Waals surface area contributed by atoms with Gasteiger partial charge in [0.15, 0.2) is 0 Å². The number of nitrogens with zero attached hydrogens (tertiary/aromatic N) is 2. The molecule has 0 fully saturated rings. The second-order valence-electron chi connectivity index (χ2n) is 4.08. The van der Waals surface area contributed by atoms with Gasteiger partial charge in [0.05, 0.1) is 24.5 Å². The van der Waals surface area contributed by atoms with Crippen LogP contribution in [0.2, 0.25) is 0 Å². The van der Waals surface area contributed by atoms with E-state index < -0.39 is 0 Å². The average Bonchev–Trinajstić information content (AvgIpc) is 2.57. The Hall–Kier alpha value is -1.32. The summed E-state index contributed by atoms with van der Waals surface area (Å²) in [5.74, 6) is 1.56. The molecule has 1 aliphatic heterocycles. The van der Waals surface area contributed by atoms with Gasteiger partial charge in [0.25, 0.3) is 0 Å². The van der Waals surface area contributed by atoms with E-state index in [1.165, 1.54) is 0 Å². The predicted molar refractivity (Wildman–Crippen MR) is 54.7 cm³/mol. The van der Waals surface area contributed by atoms with Crippen LogP contribution in [0.1, 0.15) is 45.3 Å². The number of carbonyl (C=O) groups is 1. The minimum atomic E-state index is 0. The molecule has 0 saturated heterocycles. The van der Waals surface area contributed by atoms with Crippen LogP contribution in [0.25, 0.3) is 0 Å². The number of hydrogen-bond acceptors (Lipinski definition) is 2. The fraction of sp³-hybridized carbons (Fsp3) is 0.600. The summed E-state index contributed by atoms with van der Waals surface area (Å²) in [6, 6.07) is 0. The van der Waals surface area contributed by atoms with Crippen molar-refractivity contribution in [3.05, 3.63) is 17.2 Å². The molecule has 1 amide bonds. The van der Waals surface area contributed by atoms with Crippen molar-refractivity contribution in [3.63, 3.8) is 0 Å². The maximum Gasteiger partial charge on any atom is 0.220 e. The molecular weight excluding hydrogens is 178 g/mol. The Labute approximate surface area is 84.8 Å². The molecule has 78 valence electrons. The normalized spacial score (nSPS) is 15.0. The van der Waals surface area contributed by atoms with Crippen LogP contribution in [0.3, 0.4) is 0 Å². The Balaban J connectivity index is 0.00000112. The minimum absolute atomic E-state index is 0. The lowest BCUT2D eigenvalue weighted by Crippen LogP contribution is -2.22. The molecule has 1 aromatic rings. The topological polar surface area (TPSA) is 49.0 Å². The molecule has 0 atom stereocenters. The van der Waals surface area contributed by atoms with Gasteiger partial charge in [-0.05, 0) is 0 Å². The maximum absolute atomic E-state index is 11.1. The number of nitrogens with one attached hydrogen (secondary N) is 1. The third-order valence-electron chi connectivity index (χ3n) is 2.56. The molecule has 14 heavy (non-hydrogen) atoms.